The second-order valence-corrected chi connectivity index (χ2v) is 9.73. The van der Waals surface area contributed by atoms with E-state index in [1.165, 1.54) is 43.5 Å². The van der Waals surface area contributed by atoms with Gasteiger partial charge >= 0.3 is 0 Å². The number of para-hydroxylation sites is 1. The van der Waals surface area contributed by atoms with Gasteiger partial charge in [0.25, 0.3) is 10.0 Å². The lowest BCUT2D eigenvalue weighted by atomic mass is 10.2. The second-order valence-electron chi connectivity index (χ2n) is 7.87. The molecule has 1 aliphatic rings. The van der Waals surface area contributed by atoms with Crippen LogP contribution < -0.4 is 13.9 Å². The van der Waals surface area contributed by atoms with E-state index in [1.54, 1.807) is 17.0 Å². The minimum Gasteiger partial charge on any atom is -0.497 e. The van der Waals surface area contributed by atoms with Crippen molar-refractivity contribution >= 4 is 27.3 Å². The van der Waals surface area contributed by atoms with E-state index < -0.39 is 15.8 Å². The molecule has 1 fully saturated rings. The zero-order valence-corrected chi connectivity index (χ0v) is 19.6. The first-order valence-corrected chi connectivity index (χ1v) is 12.3. The summed E-state index contributed by atoms with van der Waals surface area (Å²) in [4.78, 5) is 17.0. The van der Waals surface area contributed by atoms with Crippen molar-refractivity contribution in [2.45, 2.75) is 4.90 Å². The maximum Gasteiger partial charge on any atom is 0.264 e. The molecule has 178 valence electrons. The highest BCUT2D eigenvalue weighted by Gasteiger charge is 2.30. The quantitative estimate of drug-likeness (QED) is 0.515. The molecule has 1 heterocycles. The molecule has 0 aromatic heterocycles. The summed E-state index contributed by atoms with van der Waals surface area (Å²) in [5.41, 5.74) is 1.30. The Morgan fingerprint density at radius 3 is 2.12 bits per heavy atom. The average molecular weight is 484 g/mol. The van der Waals surface area contributed by atoms with Gasteiger partial charge in [-0.1, -0.05) is 18.2 Å². The molecule has 1 amide bonds. The highest BCUT2D eigenvalue weighted by atomic mass is 32.2. The smallest absolute Gasteiger partial charge is 0.264 e. The number of anilines is 2. The minimum absolute atomic E-state index is 0.0133. The highest BCUT2D eigenvalue weighted by molar-refractivity contribution is 7.92. The molecule has 0 atom stereocenters. The lowest BCUT2D eigenvalue weighted by Gasteiger charge is -2.37. The van der Waals surface area contributed by atoms with Crippen LogP contribution in [0, 0.1) is 5.82 Å². The third-order valence-corrected chi connectivity index (χ3v) is 7.58. The van der Waals surface area contributed by atoms with Crippen LogP contribution in [0.4, 0.5) is 15.8 Å². The summed E-state index contributed by atoms with van der Waals surface area (Å²) in [7, 11) is -2.59. The van der Waals surface area contributed by atoms with Crippen LogP contribution in [0.3, 0.4) is 0 Å². The molecule has 0 radical (unpaired) electrons. The monoisotopic (exact) mass is 483 g/mol. The Hall–Kier alpha value is -3.59. The number of methoxy groups -OCH3 is 1. The molecule has 4 rings (SSSR count). The van der Waals surface area contributed by atoms with Gasteiger partial charge in [0, 0.05) is 31.9 Å². The first-order chi connectivity index (χ1) is 16.4. The number of hydrogen-bond donors (Lipinski definition) is 0. The van der Waals surface area contributed by atoms with Gasteiger partial charge in [0.2, 0.25) is 5.91 Å². The zero-order chi connectivity index (χ0) is 24.1. The van der Waals surface area contributed by atoms with E-state index in [4.69, 9.17) is 4.74 Å². The predicted molar refractivity (Wildman–Crippen MR) is 129 cm³/mol. The maximum atomic E-state index is 13.5. The van der Waals surface area contributed by atoms with Crippen molar-refractivity contribution in [3.63, 3.8) is 0 Å². The molecule has 3 aromatic rings. The van der Waals surface area contributed by atoms with Gasteiger partial charge in [-0.2, -0.15) is 0 Å². The standard InChI is InChI=1S/C25H26FN3O4S/c1-33-23-11-13-24(14-12-23)34(31,32)29(22-9-7-20(26)8-10-22)19-25(30)28-17-15-27(16-18-28)21-5-3-2-4-6-21/h2-14H,15-19H2,1H3. The van der Waals surface area contributed by atoms with Gasteiger partial charge in [0.1, 0.15) is 18.1 Å². The van der Waals surface area contributed by atoms with Gasteiger partial charge in [-0.15, -0.1) is 0 Å². The molecular weight excluding hydrogens is 457 g/mol. The van der Waals surface area contributed by atoms with Crippen LogP contribution in [-0.2, 0) is 14.8 Å². The fourth-order valence-corrected chi connectivity index (χ4v) is 5.29. The number of ether oxygens (including phenoxy) is 1. The highest BCUT2D eigenvalue weighted by Crippen LogP contribution is 2.26. The van der Waals surface area contributed by atoms with Gasteiger partial charge in [-0.3, -0.25) is 9.10 Å². The summed E-state index contributed by atoms with van der Waals surface area (Å²) in [5.74, 6) is -0.289. The Labute approximate surface area is 199 Å². The Balaban J connectivity index is 1.54. The van der Waals surface area contributed by atoms with Crippen LogP contribution in [0.15, 0.2) is 83.8 Å². The van der Waals surface area contributed by atoms with Gasteiger partial charge in [0.15, 0.2) is 0 Å². The molecule has 0 aliphatic carbocycles. The van der Waals surface area contributed by atoms with Gasteiger partial charge < -0.3 is 14.5 Å². The largest absolute Gasteiger partial charge is 0.497 e. The molecule has 9 heteroatoms. The fourth-order valence-electron chi connectivity index (χ4n) is 3.87. The number of nitrogens with zero attached hydrogens (tertiary/aromatic N) is 3. The van der Waals surface area contributed by atoms with Gasteiger partial charge in [0.05, 0.1) is 17.7 Å². The first kappa shape index (κ1) is 23.6. The number of amides is 1. The molecule has 34 heavy (non-hydrogen) atoms. The molecule has 7 nitrogen and oxygen atoms in total. The number of piperazine rings is 1. The lowest BCUT2D eigenvalue weighted by molar-refractivity contribution is -0.129. The van der Waals surface area contributed by atoms with E-state index in [1.807, 2.05) is 30.3 Å². The number of carbonyl (C=O) groups is 1. The molecule has 3 aromatic carbocycles. The number of carbonyl (C=O) groups excluding carboxylic acids is 1. The molecular formula is C25H26FN3O4S. The minimum atomic E-state index is -4.08. The summed E-state index contributed by atoms with van der Waals surface area (Å²) < 4.78 is 46.6. The molecule has 0 spiro atoms. The molecule has 0 saturated carbocycles. The zero-order valence-electron chi connectivity index (χ0n) is 18.8. The molecule has 0 N–H and O–H groups in total. The van der Waals surface area contributed by atoms with Crippen molar-refractivity contribution in [1.29, 1.82) is 0 Å². The van der Waals surface area contributed by atoms with E-state index in [-0.39, 0.29) is 23.0 Å². The van der Waals surface area contributed by atoms with Crippen molar-refractivity contribution in [2.75, 3.05) is 49.0 Å². The maximum absolute atomic E-state index is 13.5. The van der Waals surface area contributed by atoms with Crippen molar-refractivity contribution in [3.8, 4) is 5.75 Å². The summed E-state index contributed by atoms with van der Waals surface area (Å²) in [5, 5.41) is 0. The number of sulfonamides is 1. The molecule has 1 saturated heterocycles. The van der Waals surface area contributed by atoms with Crippen molar-refractivity contribution in [3.05, 3.63) is 84.7 Å². The van der Waals surface area contributed by atoms with Crippen LogP contribution >= 0.6 is 0 Å². The van der Waals surface area contributed by atoms with Crippen molar-refractivity contribution in [2.24, 2.45) is 0 Å². The summed E-state index contributed by atoms with van der Waals surface area (Å²) in [6, 6.07) is 20.9. The van der Waals surface area contributed by atoms with Gasteiger partial charge in [-0.05, 0) is 60.7 Å². The Bertz CT molecular complexity index is 1210. The van der Waals surface area contributed by atoms with E-state index in [0.29, 0.717) is 31.9 Å². The van der Waals surface area contributed by atoms with E-state index >= 15 is 0 Å². The second kappa shape index (κ2) is 10.1. The van der Waals surface area contributed by atoms with Crippen LogP contribution in [0.5, 0.6) is 5.75 Å². The number of halogens is 1. The Morgan fingerprint density at radius 1 is 0.912 bits per heavy atom. The number of rotatable bonds is 7. The molecule has 1 aliphatic heterocycles. The van der Waals surface area contributed by atoms with Crippen LogP contribution in [0.25, 0.3) is 0 Å². The third kappa shape index (κ3) is 5.14. The third-order valence-electron chi connectivity index (χ3n) is 5.79. The topological polar surface area (TPSA) is 70.2 Å². The summed E-state index contributed by atoms with van der Waals surface area (Å²) in [6.07, 6.45) is 0. The van der Waals surface area contributed by atoms with Crippen LogP contribution in [0.2, 0.25) is 0 Å². The number of hydrogen-bond acceptors (Lipinski definition) is 5. The van der Waals surface area contributed by atoms with E-state index in [2.05, 4.69) is 4.90 Å². The first-order valence-electron chi connectivity index (χ1n) is 10.9. The molecule has 0 bridgehead atoms. The van der Waals surface area contributed by atoms with Crippen LogP contribution in [-0.4, -0.2) is 59.1 Å². The SMILES string of the molecule is COc1ccc(S(=O)(=O)N(CC(=O)N2CCN(c3ccccc3)CC2)c2ccc(F)cc2)cc1. The average Bonchev–Trinajstić information content (AvgIpc) is 2.88. The fraction of sp³-hybridized carbons (Fsp3) is 0.240. The normalized spacial score (nSPS) is 14.1. The lowest BCUT2D eigenvalue weighted by Crippen LogP contribution is -2.52. The van der Waals surface area contributed by atoms with Crippen molar-refractivity contribution in [1.82, 2.24) is 4.90 Å². The van der Waals surface area contributed by atoms with Crippen molar-refractivity contribution < 1.29 is 22.3 Å². The Kier molecular flexibility index (Phi) is 7.02. The van der Waals surface area contributed by atoms with E-state index in [9.17, 15) is 17.6 Å². The number of benzene rings is 3. The Morgan fingerprint density at radius 2 is 1.53 bits per heavy atom. The van der Waals surface area contributed by atoms with Gasteiger partial charge in [-0.25, -0.2) is 12.8 Å². The molecule has 0 unspecified atom stereocenters. The van der Waals surface area contributed by atoms with Crippen LogP contribution in [0.1, 0.15) is 0 Å². The predicted octanol–water partition coefficient (Wildman–Crippen LogP) is 3.38. The van der Waals surface area contributed by atoms with E-state index in [0.717, 1.165) is 9.99 Å². The summed E-state index contributed by atoms with van der Waals surface area (Å²) in [6.45, 7) is 1.88. The summed E-state index contributed by atoms with van der Waals surface area (Å²) >= 11 is 0.